The van der Waals surface area contributed by atoms with Crippen molar-refractivity contribution in [1.82, 2.24) is 15.5 Å². The van der Waals surface area contributed by atoms with Gasteiger partial charge in [0.15, 0.2) is 0 Å². The quantitative estimate of drug-likeness (QED) is 0.920. The Labute approximate surface area is 119 Å². The zero-order valence-electron chi connectivity index (χ0n) is 10.5. The molecule has 0 amide bonds. The van der Waals surface area contributed by atoms with Gasteiger partial charge in [0, 0.05) is 17.6 Å². The van der Waals surface area contributed by atoms with Crippen molar-refractivity contribution in [3.63, 3.8) is 0 Å². The molecule has 0 radical (unpaired) electrons. The van der Waals surface area contributed by atoms with E-state index in [1.807, 2.05) is 25.1 Å². The highest BCUT2D eigenvalue weighted by Gasteiger charge is 2.22. The van der Waals surface area contributed by atoms with E-state index in [9.17, 15) is 0 Å². The van der Waals surface area contributed by atoms with E-state index in [0.29, 0.717) is 24.9 Å². The number of hydrogen-bond donors (Lipinski definition) is 1. The van der Waals surface area contributed by atoms with E-state index in [1.54, 1.807) is 0 Å². The second-order valence-corrected chi connectivity index (χ2v) is 5.36. The maximum absolute atomic E-state index is 5.60. The molecule has 1 saturated heterocycles. The molecule has 3 rings (SSSR count). The second-order valence-electron chi connectivity index (χ2n) is 4.50. The minimum Gasteiger partial charge on any atom is -0.367 e. The van der Waals surface area contributed by atoms with Gasteiger partial charge < -0.3 is 14.6 Å². The summed E-state index contributed by atoms with van der Waals surface area (Å²) in [6.07, 6.45) is -0.129. The molecule has 0 bridgehead atoms. The maximum Gasteiger partial charge on any atom is 0.259 e. The Hall–Kier alpha value is -1.24. The average Bonchev–Trinajstić information content (AvgIpc) is 2.89. The lowest BCUT2D eigenvalue weighted by atomic mass is 10.1. The van der Waals surface area contributed by atoms with Crippen LogP contribution in [0.25, 0.3) is 11.5 Å². The summed E-state index contributed by atoms with van der Waals surface area (Å²) in [5.74, 6) is 1.10. The number of nitrogens with zero attached hydrogens (tertiary/aromatic N) is 2. The fourth-order valence-electron chi connectivity index (χ4n) is 2.00. The van der Waals surface area contributed by atoms with E-state index in [2.05, 4.69) is 31.4 Å². The van der Waals surface area contributed by atoms with Crippen molar-refractivity contribution in [1.29, 1.82) is 0 Å². The van der Waals surface area contributed by atoms with Crippen LogP contribution < -0.4 is 5.32 Å². The Balaban J connectivity index is 1.87. The van der Waals surface area contributed by atoms with Crippen LogP contribution in [-0.4, -0.2) is 29.8 Å². The topological polar surface area (TPSA) is 60.2 Å². The fraction of sp³-hybridized carbons (Fsp3) is 0.385. The van der Waals surface area contributed by atoms with Crippen LogP contribution in [0, 0.1) is 6.92 Å². The second kappa shape index (κ2) is 5.40. The van der Waals surface area contributed by atoms with Crippen LogP contribution in [0.1, 0.15) is 17.5 Å². The Bertz CT molecular complexity index is 579. The number of aryl methyl sites for hydroxylation is 1. The van der Waals surface area contributed by atoms with Crippen LogP contribution in [-0.2, 0) is 4.74 Å². The number of halogens is 1. The van der Waals surface area contributed by atoms with Crippen molar-refractivity contribution in [2.45, 2.75) is 13.0 Å². The van der Waals surface area contributed by atoms with Gasteiger partial charge in [0.1, 0.15) is 6.10 Å². The van der Waals surface area contributed by atoms with Gasteiger partial charge in [-0.2, -0.15) is 4.98 Å². The molecule has 1 aliphatic rings. The number of nitrogens with one attached hydrogen (secondary N) is 1. The zero-order valence-corrected chi connectivity index (χ0v) is 12.1. The molecule has 2 aromatic rings. The first-order valence-electron chi connectivity index (χ1n) is 6.16. The smallest absolute Gasteiger partial charge is 0.259 e. The number of rotatable bonds is 2. The van der Waals surface area contributed by atoms with Gasteiger partial charge in [-0.05, 0) is 40.5 Å². The van der Waals surface area contributed by atoms with Crippen LogP contribution >= 0.6 is 15.9 Å². The van der Waals surface area contributed by atoms with Gasteiger partial charge in [0.25, 0.3) is 5.89 Å². The third-order valence-electron chi connectivity index (χ3n) is 3.01. The molecule has 1 fully saturated rings. The average molecular weight is 324 g/mol. The minimum absolute atomic E-state index is 0.129. The van der Waals surface area contributed by atoms with E-state index in [0.717, 1.165) is 16.6 Å². The van der Waals surface area contributed by atoms with Crippen molar-refractivity contribution in [2.24, 2.45) is 0 Å². The molecule has 1 aliphatic heterocycles. The molecule has 0 spiro atoms. The van der Waals surface area contributed by atoms with Gasteiger partial charge in [-0.3, -0.25) is 0 Å². The predicted octanol–water partition coefficient (Wildman–Crippen LogP) is 2.47. The van der Waals surface area contributed by atoms with E-state index >= 15 is 0 Å². The first-order chi connectivity index (χ1) is 9.24. The summed E-state index contributed by atoms with van der Waals surface area (Å²) in [7, 11) is 0. The number of morpholine rings is 1. The van der Waals surface area contributed by atoms with Crippen LogP contribution in [0.3, 0.4) is 0 Å². The molecule has 1 aromatic heterocycles. The summed E-state index contributed by atoms with van der Waals surface area (Å²) in [5.41, 5.74) is 2.07. The number of ether oxygens (including phenoxy) is 1. The van der Waals surface area contributed by atoms with Crippen LogP contribution in [0.5, 0.6) is 0 Å². The number of aromatic nitrogens is 2. The molecule has 1 aromatic carbocycles. The highest BCUT2D eigenvalue weighted by atomic mass is 79.9. The number of hydrogen-bond acceptors (Lipinski definition) is 5. The molecule has 5 nitrogen and oxygen atoms in total. The normalized spacial score (nSPS) is 19.6. The summed E-state index contributed by atoms with van der Waals surface area (Å²) in [5, 5.41) is 7.25. The Morgan fingerprint density at radius 1 is 1.42 bits per heavy atom. The van der Waals surface area contributed by atoms with Crippen molar-refractivity contribution >= 4 is 15.9 Å². The first-order valence-corrected chi connectivity index (χ1v) is 6.96. The maximum atomic E-state index is 5.60. The van der Waals surface area contributed by atoms with Crippen molar-refractivity contribution in [3.8, 4) is 11.5 Å². The molecule has 1 N–H and O–H groups in total. The molecular formula is C13H14BrN3O2. The Kier molecular flexibility index (Phi) is 3.63. The lowest BCUT2D eigenvalue weighted by molar-refractivity contribution is 0.0208. The van der Waals surface area contributed by atoms with E-state index in [4.69, 9.17) is 9.26 Å². The third-order valence-corrected chi connectivity index (χ3v) is 3.67. The molecular weight excluding hydrogens is 310 g/mol. The largest absolute Gasteiger partial charge is 0.367 e. The summed E-state index contributed by atoms with van der Waals surface area (Å²) in [6, 6.07) is 6.01. The SMILES string of the molecule is Cc1ccc(-c2nc(C3CNCCO3)no2)c(Br)c1. The van der Waals surface area contributed by atoms with Crippen LogP contribution in [0.15, 0.2) is 27.2 Å². The van der Waals surface area contributed by atoms with Crippen LogP contribution in [0.4, 0.5) is 0 Å². The van der Waals surface area contributed by atoms with Crippen molar-refractivity contribution < 1.29 is 9.26 Å². The standard InChI is InChI=1S/C13H14BrN3O2/c1-8-2-3-9(10(14)6-8)13-16-12(17-19-13)11-7-15-4-5-18-11/h2-3,6,11,15H,4-5,7H2,1H3. The molecule has 1 unspecified atom stereocenters. The van der Waals surface area contributed by atoms with Crippen LogP contribution in [0.2, 0.25) is 0 Å². The van der Waals surface area contributed by atoms with Gasteiger partial charge in [0.05, 0.1) is 12.2 Å². The third kappa shape index (κ3) is 2.70. The van der Waals surface area contributed by atoms with Gasteiger partial charge in [-0.25, -0.2) is 0 Å². The number of benzene rings is 1. The van der Waals surface area contributed by atoms with E-state index in [-0.39, 0.29) is 6.10 Å². The lowest BCUT2D eigenvalue weighted by Crippen LogP contribution is -2.33. The first kappa shape index (κ1) is 12.8. The summed E-state index contributed by atoms with van der Waals surface area (Å²) in [4.78, 5) is 4.42. The van der Waals surface area contributed by atoms with E-state index < -0.39 is 0 Å². The fourth-order valence-corrected chi connectivity index (χ4v) is 2.66. The van der Waals surface area contributed by atoms with E-state index in [1.165, 1.54) is 5.56 Å². The molecule has 2 heterocycles. The molecule has 19 heavy (non-hydrogen) atoms. The molecule has 100 valence electrons. The van der Waals surface area contributed by atoms with Gasteiger partial charge in [0.2, 0.25) is 5.82 Å². The molecule has 1 atom stereocenters. The monoisotopic (exact) mass is 323 g/mol. The summed E-state index contributed by atoms with van der Waals surface area (Å²) < 4.78 is 11.9. The highest BCUT2D eigenvalue weighted by molar-refractivity contribution is 9.10. The Morgan fingerprint density at radius 3 is 3.05 bits per heavy atom. The van der Waals surface area contributed by atoms with Crippen molar-refractivity contribution in [3.05, 3.63) is 34.1 Å². The summed E-state index contributed by atoms with van der Waals surface area (Å²) in [6.45, 7) is 4.29. The van der Waals surface area contributed by atoms with Crippen molar-refractivity contribution in [2.75, 3.05) is 19.7 Å². The lowest BCUT2D eigenvalue weighted by Gasteiger charge is -2.20. The Morgan fingerprint density at radius 2 is 2.32 bits per heavy atom. The molecule has 0 aliphatic carbocycles. The summed E-state index contributed by atoms with van der Waals surface area (Å²) >= 11 is 3.52. The van der Waals surface area contributed by atoms with Gasteiger partial charge >= 0.3 is 0 Å². The highest BCUT2D eigenvalue weighted by Crippen LogP contribution is 2.29. The molecule has 0 saturated carbocycles. The predicted molar refractivity (Wildman–Crippen MR) is 73.7 cm³/mol. The van der Waals surface area contributed by atoms with Gasteiger partial charge in [-0.15, -0.1) is 0 Å². The minimum atomic E-state index is -0.129. The van der Waals surface area contributed by atoms with Gasteiger partial charge in [-0.1, -0.05) is 11.2 Å². The molecule has 6 heteroatoms. The zero-order chi connectivity index (χ0) is 13.2.